The molecule has 0 aliphatic heterocycles. The second-order valence-electron chi connectivity index (χ2n) is 19.3. The van der Waals surface area contributed by atoms with Crippen LogP contribution in [0, 0.1) is 23.7 Å². The summed E-state index contributed by atoms with van der Waals surface area (Å²) in [4.78, 5) is 143. The third-order valence-corrected chi connectivity index (χ3v) is 11.4. The third kappa shape index (κ3) is 24.4. The topological polar surface area (TPSA) is 453 Å². The number of primary amides is 1. The first-order chi connectivity index (χ1) is 34.1. The highest BCUT2D eigenvalue weighted by atomic mass is 16.4. The molecule has 9 amide bonds. The number of carbonyl (C=O) groups excluding carboxylic acids is 9. The highest BCUT2D eigenvalue weighted by Gasteiger charge is 2.36. The van der Waals surface area contributed by atoms with Crippen LogP contribution in [-0.2, 0) is 54.4 Å². The van der Waals surface area contributed by atoms with Crippen LogP contribution >= 0.6 is 0 Å². The van der Waals surface area contributed by atoms with Crippen LogP contribution in [0.3, 0.4) is 0 Å². The molecule has 0 aromatic carbocycles. The molecule has 0 unspecified atom stereocenters. The maximum absolute atomic E-state index is 13.9. The van der Waals surface area contributed by atoms with Gasteiger partial charge in [0.05, 0.1) is 25.0 Å². The number of hydrogen-bond donors (Lipinski definition) is 15. The van der Waals surface area contributed by atoms with Crippen molar-refractivity contribution in [2.75, 3.05) is 13.1 Å². The van der Waals surface area contributed by atoms with E-state index in [1.54, 1.807) is 41.5 Å². The number of aliphatic imine (C=N–C) groups is 1. The number of nitrogens with one attached hydrogen (secondary N) is 9. The Bertz CT molecular complexity index is 2030. The van der Waals surface area contributed by atoms with Gasteiger partial charge in [-0.2, -0.15) is 0 Å². The lowest BCUT2D eigenvalue weighted by molar-refractivity contribution is -0.143. The maximum Gasteiger partial charge on any atom is 0.326 e. The number of nitrogens with two attached hydrogens (primary N) is 4. The van der Waals surface area contributed by atoms with Gasteiger partial charge in [0.25, 0.3) is 0 Å². The Kier molecular flexibility index (Phi) is 28.3. The van der Waals surface area contributed by atoms with Crippen molar-refractivity contribution in [1.82, 2.24) is 52.5 Å². The molecule has 10 atom stereocenters. The van der Waals surface area contributed by atoms with Gasteiger partial charge in [-0.1, -0.05) is 61.8 Å². The summed E-state index contributed by atoms with van der Waals surface area (Å²) in [6.45, 7) is 14.4. The summed E-state index contributed by atoms with van der Waals surface area (Å²) < 4.78 is 0. The van der Waals surface area contributed by atoms with Gasteiger partial charge in [0.2, 0.25) is 53.2 Å². The number of nitrogens with zero attached hydrogens (tertiary/aromatic N) is 2. The number of aliphatic hydroxyl groups is 1. The molecule has 0 radical (unpaired) electrons. The molecule has 1 aromatic heterocycles. The van der Waals surface area contributed by atoms with Crippen molar-refractivity contribution in [1.29, 1.82) is 0 Å². The van der Waals surface area contributed by atoms with E-state index < -0.39 is 138 Å². The average molecular weight is 1040 g/mol. The fourth-order valence-corrected chi connectivity index (χ4v) is 7.15. The zero-order valence-electron chi connectivity index (χ0n) is 43.4. The quantitative estimate of drug-likeness (QED) is 0.0180. The second kappa shape index (κ2) is 32.2. The first kappa shape index (κ1) is 64.1. The van der Waals surface area contributed by atoms with Crippen LogP contribution in [0.5, 0.6) is 0 Å². The Hall–Kier alpha value is -6.90. The van der Waals surface area contributed by atoms with E-state index >= 15 is 0 Å². The van der Waals surface area contributed by atoms with Crippen LogP contribution in [-0.4, -0.2) is 153 Å². The standard InChI is InChI=1S/C46H81N15O12/c1-10-25(8)36(44(71)58-32(18-27-19-51-21-54-27)42(69)60-35(24(6)7)45(72)73)59-34(64)20-53-43(70)37(26(9)62)61-39(66)29(13-14-33(48)63)55-40(67)31(17-23(4)5)57-41(68)30(16-22(2)3)56-38(65)28(47)12-11-15-52-46(49)50/h19,21-26,28-32,35-37,62H,10-18,20,47H2,1-9H3,(H2,48,63)(H,51,54)(H,53,70)(H,55,67)(H,56,65)(H,57,68)(H,58,71)(H,59,64)(H,60,69)(H,61,66)(H,72,73)(H4,49,50,52)/t25-,26+,28-,29-,30-,31-,32-,35-,36-,37-/m0/s1. The largest absolute Gasteiger partial charge is 0.480 e. The number of H-pyrrole nitrogens is 1. The Morgan fingerprint density at radius 1 is 0.658 bits per heavy atom. The Balaban J connectivity index is 3.24. The predicted molar refractivity (Wildman–Crippen MR) is 268 cm³/mol. The molecule has 0 saturated heterocycles. The maximum atomic E-state index is 13.9. The summed E-state index contributed by atoms with van der Waals surface area (Å²) >= 11 is 0. The number of guanidine groups is 1. The lowest BCUT2D eigenvalue weighted by Gasteiger charge is -2.28. The summed E-state index contributed by atoms with van der Waals surface area (Å²) in [6.07, 6.45) is 1.45. The fourth-order valence-electron chi connectivity index (χ4n) is 7.15. The van der Waals surface area contributed by atoms with E-state index in [0.29, 0.717) is 18.5 Å². The SMILES string of the molecule is CC[C@H](C)[C@H](NC(=O)CNC(=O)[C@@H](NC(=O)[C@H](CCC(N)=O)NC(=O)[C@H](CC(C)C)NC(=O)[C@H](CC(C)C)NC(=O)[C@@H](N)CCCN=C(N)N)[C@@H](C)O)C(=O)N[C@@H](Cc1cnc[nH]1)C(=O)N[C@H](C(=O)O)C(C)C. The molecule has 27 nitrogen and oxygen atoms in total. The summed E-state index contributed by atoms with van der Waals surface area (Å²) in [6, 6.07) is -10.6. The molecule has 19 N–H and O–H groups in total. The highest BCUT2D eigenvalue weighted by molar-refractivity contribution is 5.98. The lowest BCUT2D eigenvalue weighted by Crippen LogP contribution is -2.61. The summed E-state index contributed by atoms with van der Waals surface area (Å²) in [5, 5.41) is 40.4. The van der Waals surface area contributed by atoms with Crippen molar-refractivity contribution in [3.63, 3.8) is 0 Å². The minimum absolute atomic E-state index is 0.0569. The number of aliphatic hydroxyl groups excluding tert-OH is 1. The molecule has 27 heteroatoms. The predicted octanol–water partition coefficient (Wildman–Crippen LogP) is -3.63. The summed E-state index contributed by atoms with van der Waals surface area (Å²) in [7, 11) is 0. The molecule has 1 rings (SSSR count). The zero-order valence-corrected chi connectivity index (χ0v) is 43.4. The number of imidazole rings is 1. The Labute approximate surface area is 425 Å². The number of aliphatic carboxylic acids is 1. The van der Waals surface area contributed by atoms with E-state index in [9.17, 15) is 58.2 Å². The van der Waals surface area contributed by atoms with Crippen molar-refractivity contribution < 1.29 is 58.2 Å². The van der Waals surface area contributed by atoms with Crippen LogP contribution in [0.15, 0.2) is 17.5 Å². The molecule has 73 heavy (non-hydrogen) atoms. The van der Waals surface area contributed by atoms with Gasteiger partial charge >= 0.3 is 5.97 Å². The number of rotatable bonds is 34. The van der Waals surface area contributed by atoms with Gasteiger partial charge in [-0.15, -0.1) is 0 Å². The molecular weight excluding hydrogens is 955 g/mol. The number of carbonyl (C=O) groups is 10. The molecule has 0 spiro atoms. The van der Waals surface area contributed by atoms with Crippen LogP contribution < -0.4 is 65.5 Å². The molecule has 0 saturated carbocycles. The monoisotopic (exact) mass is 1040 g/mol. The van der Waals surface area contributed by atoms with E-state index in [1.165, 1.54) is 19.4 Å². The van der Waals surface area contributed by atoms with E-state index in [2.05, 4.69) is 57.5 Å². The van der Waals surface area contributed by atoms with Gasteiger partial charge < -0.3 is 80.7 Å². The number of aromatic nitrogens is 2. The molecule has 0 aliphatic rings. The van der Waals surface area contributed by atoms with Crippen molar-refractivity contribution in [2.45, 2.75) is 168 Å². The minimum Gasteiger partial charge on any atom is -0.480 e. The normalized spacial score (nSPS) is 15.4. The molecule has 0 fully saturated rings. The highest BCUT2D eigenvalue weighted by Crippen LogP contribution is 2.13. The molecule has 1 heterocycles. The van der Waals surface area contributed by atoms with Gasteiger partial charge in [-0.05, 0) is 62.7 Å². The number of carboxylic acid groups (broad SMARTS) is 1. The molecule has 0 aliphatic carbocycles. The molecular formula is C46H81N15O12. The fraction of sp³-hybridized carbons (Fsp3) is 0.696. The van der Waals surface area contributed by atoms with Crippen LogP contribution in [0.25, 0.3) is 0 Å². The smallest absolute Gasteiger partial charge is 0.326 e. The van der Waals surface area contributed by atoms with Gasteiger partial charge in [-0.3, -0.25) is 48.1 Å². The molecule has 0 bridgehead atoms. The van der Waals surface area contributed by atoms with Crippen LogP contribution in [0.2, 0.25) is 0 Å². The number of hydrogen-bond acceptors (Lipinski definition) is 14. The van der Waals surface area contributed by atoms with E-state index in [1.807, 2.05) is 13.8 Å². The first-order valence-electron chi connectivity index (χ1n) is 24.4. The van der Waals surface area contributed by atoms with Crippen LogP contribution in [0.4, 0.5) is 0 Å². The Morgan fingerprint density at radius 2 is 1.18 bits per heavy atom. The van der Waals surface area contributed by atoms with Crippen molar-refractivity contribution in [3.05, 3.63) is 18.2 Å². The lowest BCUT2D eigenvalue weighted by atomic mass is 9.97. The third-order valence-electron chi connectivity index (χ3n) is 11.4. The average Bonchev–Trinajstić information content (AvgIpc) is 3.82. The molecule has 412 valence electrons. The van der Waals surface area contributed by atoms with Gasteiger partial charge in [-0.25, -0.2) is 9.78 Å². The van der Waals surface area contributed by atoms with Gasteiger partial charge in [0, 0.05) is 31.3 Å². The van der Waals surface area contributed by atoms with E-state index in [4.69, 9.17) is 22.9 Å². The second-order valence-corrected chi connectivity index (χ2v) is 19.3. The van der Waals surface area contributed by atoms with Crippen molar-refractivity contribution >= 4 is 65.1 Å². The van der Waals surface area contributed by atoms with Gasteiger partial charge in [0.15, 0.2) is 5.96 Å². The summed E-state index contributed by atoms with van der Waals surface area (Å²) in [5.74, 6) is -10.3. The van der Waals surface area contributed by atoms with Crippen molar-refractivity contribution in [3.8, 4) is 0 Å². The Morgan fingerprint density at radius 3 is 1.66 bits per heavy atom. The van der Waals surface area contributed by atoms with E-state index in [-0.39, 0.29) is 56.4 Å². The van der Waals surface area contributed by atoms with Crippen LogP contribution in [0.1, 0.15) is 113 Å². The minimum atomic E-state index is -1.74. The number of carboxylic acids is 1. The zero-order chi connectivity index (χ0) is 55.7. The first-order valence-corrected chi connectivity index (χ1v) is 24.4. The number of amides is 9. The van der Waals surface area contributed by atoms with Gasteiger partial charge in [0.1, 0.15) is 42.3 Å². The van der Waals surface area contributed by atoms with Crippen molar-refractivity contribution in [2.24, 2.45) is 51.6 Å². The summed E-state index contributed by atoms with van der Waals surface area (Å²) in [5.41, 5.74) is 22.6. The number of aromatic amines is 1. The van der Waals surface area contributed by atoms with E-state index in [0.717, 1.165) is 0 Å². The molecule has 1 aromatic rings.